The van der Waals surface area contributed by atoms with Crippen LogP contribution >= 0.6 is 0 Å². The van der Waals surface area contributed by atoms with Crippen molar-refractivity contribution in [3.05, 3.63) is 41.2 Å². The minimum atomic E-state index is -1.08. The molecular formula is C10H10FNO2. The molecule has 0 bridgehead atoms. The van der Waals surface area contributed by atoms with Crippen molar-refractivity contribution in [1.82, 2.24) is 0 Å². The predicted octanol–water partition coefficient (Wildman–Crippen LogP) is 1.50. The van der Waals surface area contributed by atoms with Crippen LogP contribution in [-0.4, -0.2) is 17.6 Å². The van der Waals surface area contributed by atoms with E-state index in [1.165, 1.54) is 12.1 Å². The summed E-state index contributed by atoms with van der Waals surface area (Å²) in [4.78, 5) is 10.7. The second-order valence-electron chi connectivity index (χ2n) is 2.67. The summed E-state index contributed by atoms with van der Waals surface area (Å²) in [6, 6.07) is 3.51. The van der Waals surface area contributed by atoms with Gasteiger partial charge >= 0.3 is 5.97 Å². The fourth-order valence-corrected chi connectivity index (χ4v) is 1.06. The van der Waals surface area contributed by atoms with Crippen LogP contribution in [0.2, 0.25) is 0 Å². The lowest BCUT2D eigenvalue weighted by Gasteiger charge is -2.00. The molecule has 4 heteroatoms. The molecule has 0 unspecified atom stereocenters. The van der Waals surface area contributed by atoms with Crippen molar-refractivity contribution in [3.63, 3.8) is 0 Å². The summed E-state index contributed by atoms with van der Waals surface area (Å²) < 4.78 is 12.8. The Labute approximate surface area is 80.7 Å². The highest BCUT2D eigenvalue weighted by Crippen LogP contribution is 2.13. The lowest BCUT2D eigenvalue weighted by Crippen LogP contribution is -2.00. The van der Waals surface area contributed by atoms with Crippen LogP contribution < -0.4 is 5.73 Å². The summed E-state index contributed by atoms with van der Waals surface area (Å²) in [6.45, 7) is 0.287. The number of halogens is 1. The molecular weight excluding hydrogens is 185 g/mol. The van der Waals surface area contributed by atoms with Crippen LogP contribution in [0.3, 0.4) is 0 Å². The number of aromatic carboxylic acids is 1. The fourth-order valence-electron chi connectivity index (χ4n) is 1.06. The molecule has 74 valence electrons. The average Bonchev–Trinajstić information content (AvgIpc) is 2.14. The van der Waals surface area contributed by atoms with E-state index in [2.05, 4.69) is 0 Å². The molecule has 1 aromatic carbocycles. The second kappa shape index (κ2) is 4.53. The molecule has 0 fully saturated rings. The molecule has 0 aliphatic heterocycles. The Morgan fingerprint density at radius 2 is 2.29 bits per heavy atom. The topological polar surface area (TPSA) is 63.3 Å². The minimum Gasteiger partial charge on any atom is -0.478 e. The molecule has 0 amide bonds. The van der Waals surface area contributed by atoms with Gasteiger partial charge < -0.3 is 10.8 Å². The smallest absolute Gasteiger partial charge is 0.336 e. The number of rotatable bonds is 3. The van der Waals surface area contributed by atoms with Crippen LogP contribution in [0.5, 0.6) is 0 Å². The Balaban J connectivity index is 3.15. The Morgan fingerprint density at radius 3 is 2.86 bits per heavy atom. The van der Waals surface area contributed by atoms with E-state index < -0.39 is 11.8 Å². The van der Waals surface area contributed by atoms with E-state index in [-0.39, 0.29) is 12.1 Å². The fraction of sp³-hybridized carbons (Fsp3) is 0.100. The average molecular weight is 195 g/mol. The van der Waals surface area contributed by atoms with Crippen LogP contribution in [0, 0.1) is 5.82 Å². The zero-order valence-corrected chi connectivity index (χ0v) is 7.40. The van der Waals surface area contributed by atoms with E-state index in [0.29, 0.717) is 5.56 Å². The van der Waals surface area contributed by atoms with Gasteiger partial charge in [-0.25, -0.2) is 9.18 Å². The molecule has 0 saturated heterocycles. The first-order valence-electron chi connectivity index (χ1n) is 4.04. The maximum atomic E-state index is 12.8. The normalized spacial score (nSPS) is 10.7. The lowest BCUT2D eigenvalue weighted by atomic mass is 10.1. The zero-order valence-electron chi connectivity index (χ0n) is 7.40. The van der Waals surface area contributed by atoms with Gasteiger partial charge in [-0.1, -0.05) is 12.2 Å². The summed E-state index contributed by atoms with van der Waals surface area (Å²) in [7, 11) is 0. The molecule has 0 saturated carbocycles. The zero-order chi connectivity index (χ0) is 10.6. The predicted molar refractivity (Wildman–Crippen MR) is 51.4 cm³/mol. The van der Waals surface area contributed by atoms with E-state index >= 15 is 0 Å². The van der Waals surface area contributed by atoms with E-state index in [1.54, 1.807) is 6.08 Å². The Morgan fingerprint density at radius 1 is 1.57 bits per heavy atom. The van der Waals surface area contributed by atoms with E-state index in [0.717, 1.165) is 12.1 Å². The first-order valence-corrected chi connectivity index (χ1v) is 4.04. The number of nitrogens with two attached hydrogens (primary N) is 1. The molecule has 1 aromatic rings. The van der Waals surface area contributed by atoms with E-state index in [4.69, 9.17) is 10.8 Å². The number of benzene rings is 1. The summed E-state index contributed by atoms with van der Waals surface area (Å²) in [5.74, 6) is -1.55. The molecule has 0 aromatic heterocycles. The van der Waals surface area contributed by atoms with Gasteiger partial charge in [0.15, 0.2) is 0 Å². The summed E-state index contributed by atoms with van der Waals surface area (Å²) in [5, 5.41) is 8.77. The van der Waals surface area contributed by atoms with Gasteiger partial charge in [-0.2, -0.15) is 0 Å². The van der Waals surface area contributed by atoms with Gasteiger partial charge in [-0.05, 0) is 23.8 Å². The maximum Gasteiger partial charge on any atom is 0.336 e. The number of carboxylic acid groups (broad SMARTS) is 1. The van der Waals surface area contributed by atoms with E-state index in [1.807, 2.05) is 0 Å². The van der Waals surface area contributed by atoms with Crippen molar-refractivity contribution in [2.75, 3.05) is 6.54 Å². The molecule has 0 aliphatic carbocycles. The first-order chi connectivity index (χ1) is 6.65. The molecule has 0 heterocycles. The van der Waals surface area contributed by atoms with Crippen molar-refractivity contribution in [3.8, 4) is 0 Å². The molecule has 3 N–H and O–H groups in total. The third-order valence-electron chi connectivity index (χ3n) is 1.68. The summed E-state index contributed by atoms with van der Waals surface area (Å²) in [6.07, 6.45) is 3.06. The van der Waals surface area contributed by atoms with Crippen LogP contribution in [0.1, 0.15) is 15.9 Å². The Hall–Kier alpha value is -1.68. The van der Waals surface area contributed by atoms with Gasteiger partial charge in [0.25, 0.3) is 0 Å². The van der Waals surface area contributed by atoms with Gasteiger partial charge in [-0.3, -0.25) is 0 Å². The van der Waals surface area contributed by atoms with Gasteiger partial charge in [-0.15, -0.1) is 0 Å². The largest absolute Gasteiger partial charge is 0.478 e. The van der Waals surface area contributed by atoms with Gasteiger partial charge in [0.2, 0.25) is 0 Å². The second-order valence-corrected chi connectivity index (χ2v) is 2.67. The monoisotopic (exact) mass is 195 g/mol. The lowest BCUT2D eigenvalue weighted by molar-refractivity contribution is 0.0696. The number of hydrogen-bond donors (Lipinski definition) is 2. The Bertz CT molecular complexity index is 374. The SMILES string of the molecule is NCC=Cc1cc(F)ccc1C(=O)O. The van der Waals surface area contributed by atoms with Crippen molar-refractivity contribution in [1.29, 1.82) is 0 Å². The highest BCUT2D eigenvalue weighted by Gasteiger charge is 2.07. The van der Waals surface area contributed by atoms with Crippen molar-refractivity contribution < 1.29 is 14.3 Å². The summed E-state index contributed by atoms with van der Waals surface area (Å²) in [5.41, 5.74) is 5.60. The first kappa shape index (κ1) is 10.4. The number of carboxylic acids is 1. The van der Waals surface area contributed by atoms with E-state index in [9.17, 15) is 9.18 Å². The molecule has 0 atom stereocenters. The minimum absolute atomic E-state index is 0.0658. The Kier molecular flexibility index (Phi) is 3.36. The molecule has 0 radical (unpaired) electrons. The van der Waals surface area contributed by atoms with Crippen molar-refractivity contribution in [2.45, 2.75) is 0 Å². The maximum absolute atomic E-state index is 12.8. The van der Waals surface area contributed by atoms with Crippen LogP contribution in [0.4, 0.5) is 4.39 Å². The van der Waals surface area contributed by atoms with Crippen LogP contribution in [-0.2, 0) is 0 Å². The number of carbonyl (C=O) groups is 1. The number of hydrogen-bond acceptors (Lipinski definition) is 2. The third kappa shape index (κ3) is 2.40. The highest BCUT2D eigenvalue weighted by molar-refractivity contribution is 5.92. The van der Waals surface area contributed by atoms with Crippen molar-refractivity contribution >= 4 is 12.0 Å². The standard InChI is InChI=1S/C10H10FNO2/c11-8-3-4-9(10(13)14)7(6-8)2-1-5-12/h1-4,6H,5,12H2,(H,13,14). The highest BCUT2D eigenvalue weighted by atomic mass is 19.1. The third-order valence-corrected chi connectivity index (χ3v) is 1.68. The molecule has 3 nitrogen and oxygen atoms in total. The molecule has 0 spiro atoms. The molecule has 0 aliphatic rings. The van der Waals surface area contributed by atoms with Gasteiger partial charge in [0.1, 0.15) is 5.82 Å². The summed E-state index contributed by atoms with van der Waals surface area (Å²) >= 11 is 0. The van der Waals surface area contributed by atoms with Crippen LogP contribution in [0.15, 0.2) is 24.3 Å². The molecule has 1 rings (SSSR count). The van der Waals surface area contributed by atoms with Crippen molar-refractivity contribution in [2.24, 2.45) is 5.73 Å². The quantitative estimate of drug-likeness (QED) is 0.768. The molecule has 14 heavy (non-hydrogen) atoms. The van der Waals surface area contributed by atoms with Crippen LogP contribution in [0.25, 0.3) is 6.08 Å². The van der Waals surface area contributed by atoms with Gasteiger partial charge in [0.05, 0.1) is 5.56 Å². The van der Waals surface area contributed by atoms with Gasteiger partial charge in [0, 0.05) is 6.54 Å².